The molecule has 0 aliphatic heterocycles. The Morgan fingerprint density at radius 3 is 2.74 bits per heavy atom. The Labute approximate surface area is 146 Å². The molecule has 2 aromatic heterocycles. The van der Waals surface area contributed by atoms with Gasteiger partial charge in [-0.2, -0.15) is 0 Å². The highest BCUT2D eigenvalue weighted by molar-refractivity contribution is 9.10. The van der Waals surface area contributed by atoms with Gasteiger partial charge in [0, 0.05) is 15.0 Å². The highest BCUT2D eigenvalue weighted by Crippen LogP contribution is 2.20. The Balaban J connectivity index is 1.59. The molecule has 2 N–H and O–H groups in total. The number of anilines is 3. The van der Waals surface area contributed by atoms with Gasteiger partial charge in [-0.3, -0.25) is 4.79 Å². The van der Waals surface area contributed by atoms with E-state index >= 15 is 0 Å². The fourth-order valence-electron chi connectivity index (χ4n) is 2.03. The Morgan fingerprint density at radius 2 is 2.04 bits per heavy atom. The van der Waals surface area contributed by atoms with E-state index in [2.05, 4.69) is 31.5 Å². The Kier molecular flexibility index (Phi) is 5.05. The number of nitrogens with one attached hydrogen (secondary N) is 2. The third-order valence-corrected chi connectivity index (χ3v) is 4.43. The number of aromatic nitrogens is 1. The molecule has 0 saturated heterocycles. The molecule has 1 amide bonds. The quantitative estimate of drug-likeness (QED) is 0.658. The minimum atomic E-state index is -0.0399. The fraction of sp³-hybridized carbons (Fsp3) is 0.0588. The molecule has 0 radical (unpaired) electrons. The van der Waals surface area contributed by atoms with Gasteiger partial charge < -0.3 is 10.6 Å². The van der Waals surface area contributed by atoms with E-state index in [4.69, 9.17) is 0 Å². The predicted octanol–water partition coefficient (Wildman–Crippen LogP) is 4.83. The van der Waals surface area contributed by atoms with Gasteiger partial charge in [-0.25, -0.2) is 4.98 Å². The lowest BCUT2D eigenvalue weighted by atomic mass is 10.3. The third kappa shape index (κ3) is 4.64. The topological polar surface area (TPSA) is 54.0 Å². The summed E-state index contributed by atoms with van der Waals surface area (Å²) in [5, 5.41) is 8.02. The van der Waals surface area contributed by atoms with Gasteiger partial charge in [-0.05, 0) is 41.8 Å². The van der Waals surface area contributed by atoms with Gasteiger partial charge in [0.1, 0.15) is 5.82 Å². The number of pyridine rings is 1. The van der Waals surface area contributed by atoms with E-state index < -0.39 is 0 Å². The summed E-state index contributed by atoms with van der Waals surface area (Å²) in [4.78, 5) is 17.3. The normalized spacial score (nSPS) is 10.3. The SMILES string of the molecule is O=C(Cc1cccs1)Nc1ccc(Nc2cccc(Br)c2)nc1. The van der Waals surface area contributed by atoms with Crippen molar-refractivity contribution < 1.29 is 4.79 Å². The van der Waals surface area contributed by atoms with Gasteiger partial charge in [0.25, 0.3) is 0 Å². The molecule has 23 heavy (non-hydrogen) atoms. The van der Waals surface area contributed by atoms with E-state index in [9.17, 15) is 4.79 Å². The first-order valence-electron chi connectivity index (χ1n) is 7.00. The Morgan fingerprint density at radius 1 is 1.13 bits per heavy atom. The molecule has 0 atom stereocenters. The number of carbonyl (C=O) groups is 1. The van der Waals surface area contributed by atoms with E-state index in [1.807, 2.05) is 53.9 Å². The number of hydrogen-bond acceptors (Lipinski definition) is 4. The van der Waals surface area contributed by atoms with Crippen LogP contribution in [0.3, 0.4) is 0 Å². The van der Waals surface area contributed by atoms with Crippen molar-refractivity contribution in [1.29, 1.82) is 0 Å². The summed E-state index contributed by atoms with van der Waals surface area (Å²) in [6.07, 6.45) is 2.03. The second kappa shape index (κ2) is 7.39. The summed E-state index contributed by atoms with van der Waals surface area (Å²) in [5.74, 6) is 0.682. The summed E-state index contributed by atoms with van der Waals surface area (Å²) in [6, 6.07) is 15.4. The van der Waals surface area contributed by atoms with Crippen molar-refractivity contribution in [3.63, 3.8) is 0 Å². The Bertz CT molecular complexity index is 788. The van der Waals surface area contributed by atoms with Crippen molar-refractivity contribution in [2.45, 2.75) is 6.42 Å². The largest absolute Gasteiger partial charge is 0.340 e. The van der Waals surface area contributed by atoms with Crippen LogP contribution >= 0.6 is 27.3 Å². The zero-order valence-electron chi connectivity index (χ0n) is 12.1. The molecule has 3 aromatic rings. The summed E-state index contributed by atoms with van der Waals surface area (Å²) in [5.41, 5.74) is 1.63. The molecule has 4 nitrogen and oxygen atoms in total. The number of thiophene rings is 1. The van der Waals surface area contributed by atoms with Gasteiger partial charge in [0.15, 0.2) is 0 Å². The van der Waals surface area contributed by atoms with Crippen molar-refractivity contribution in [3.05, 3.63) is 69.5 Å². The van der Waals surface area contributed by atoms with Gasteiger partial charge in [0.2, 0.25) is 5.91 Å². The van der Waals surface area contributed by atoms with Gasteiger partial charge in [-0.1, -0.05) is 28.1 Å². The monoisotopic (exact) mass is 387 g/mol. The molecule has 0 bridgehead atoms. The van der Waals surface area contributed by atoms with Crippen LogP contribution < -0.4 is 10.6 Å². The fourth-order valence-corrected chi connectivity index (χ4v) is 3.14. The first-order chi connectivity index (χ1) is 11.2. The Hall–Kier alpha value is -2.18. The highest BCUT2D eigenvalue weighted by atomic mass is 79.9. The maximum absolute atomic E-state index is 11.9. The molecule has 116 valence electrons. The summed E-state index contributed by atoms with van der Waals surface area (Å²) >= 11 is 5.01. The maximum atomic E-state index is 11.9. The molecule has 0 aliphatic rings. The smallest absolute Gasteiger partial charge is 0.229 e. The molecule has 6 heteroatoms. The molecule has 0 saturated carbocycles. The van der Waals surface area contributed by atoms with E-state index in [-0.39, 0.29) is 5.91 Å². The summed E-state index contributed by atoms with van der Waals surface area (Å²) < 4.78 is 1.000. The van der Waals surface area contributed by atoms with Gasteiger partial charge in [0.05, 0.1) is 18.3 Å². The van der Waals surface area contributed by atoms with Crippen LogP contribution in [0, 0.1) is 0 Å². The number of halogens is 1. The number of rotatable bonds is 5. The first kappa shape index (κ1) is 15.7. The number of hydrogen-bond donors (Lipinski definition) is 2. The molecule has 0 aliphatic carbocycles. The van der Waals surface area contributed by atoms with E-state index in [1.54, 1.807) is 17.5 Å². The van der Waals surface area contributed by atoms with Crippen molar-refractivity contribution >= 4 is 50.4 Å². The second-order valence-electron chi connectivity index (χ2n) is 4.87. The third-order valence-electron chi connectivity index (χ3n) is 3.06. The van der Waals surface area contributed by atoms with Crippen molar-refractivity contribution in [1.82, 2.24) is 4.98 Å². The molecular weight excluding hydrogens is 374 g/mol. The zero-order valence-corrected chi connectivity index (χ0v) is 14.5. The molecular formula is C17H14BrN3OS. The molecule has 1 aromatic carbocycles. The molecule has 3 rings (SSSR count). The summed E-state index contributed by atoms with van der Waals surface area (Å²) in [7, 11) is 0. The average Bonchev–Trinajstić information content (AvgIpc) is 3.02. The van der Waals surface area contributed by atoms with Crippen molar-refractivity contribution in [3.8, 4) is 0 Å². The van der Waals surface area contributed by atoms with Crippen LogP contribution in [0.25, 0.3) is 0 Å². The van der Waals surface area contributed by atoms with E-state index in [0.29, 0.717) is 12.1 Å². The zero-order chi connectivity index (χ0) is 16.1. The van der Waals surface area contributed by atoms with Crippen LogP contribution in [-0.4, -0.2) is 10.9 Å². The molecule has 2 heterocycles. The first-order valence-corrected chi connectivity index (χ1v) is 8.67. The number of carbonyl (C=O) groups excluding carboxylic acids is 1. The highest BCUT2D eigenvalue weighted by Gasteiger charge is 2.05. The number of nitrogens with zero attached hydrogens (tertiary/aromatic N) is 1. The van der Waals surface area contributed by atoms with Crippen LogP contribution in [0.4, 0.5) is 17.2 Å². The molecule has 0 fully saturated rings. The van der Waals surface area contributed by atoms with Crippen molar-refractivity contribution in [2.75, 3.05) is 10.6 Å². The molecule has 0 spiro atoms. The van der Waals surface area contributed by atoms with Crippen LogP contribution in [0.2, 0.25) is 0 Å². The minimum Gasteiger partial charge on any atom is -0.340 e. The number of benzene rings is 1. The lowest BCUT2D eigenvalue weighted by Crippen LogP contribution is -2.13. The van der Waals surface area contributed by atoms with Gasteiger partial charge in [-0.15, -0.1) is 11.3 Å². The van der Waals surface area contributed by atoms with Gasteiger partial charge >= 0.3 is 0 Å². The maximum Gasteiger partial charge on any atom is 0.229 e. The average molecular weight is 388 g/mol. The van der Waals surface area contributed by atoms with Crippen molar-refractivity contribution in [2.24, 2.45) is 0 Å². The van der Waals surface area contributed by atoms with E-state index in [0.717, 1.165) is 20.9 Å². The van der Waals surface area contributed by atoms with Crippen LogP contribution in [0.5, 0.6) is 0 Å². The summed E-state index contributed by atoms with van der Waals surface area (Å²) in [6.45, 7) is 0. The van der Waals surface area contributed by atoms with Crippen LogP contribution in [-0.2, 0) is 11.2 Å². The van der Waals surface area contributed by atoms with E-state index in [1.165, 1.54) is 0 Å². The predicted molar refractivity (Wildman–Crippen MR) is 98.3 cm³/mol. The van der Waals surface area contributed by atoms with Crippen LogP contribution in [0.15, 0.2) is 64.6 Å². The lowest BCUT2D eigenvalue weighted by molar-refractivity contribution is -0.115. The van der Waals surface area contributed by atoms with Crippen LogP contribution in [0.1, 0.15) is 4.88 Å². The minimum absolute atomic E-state index is 0.0399. The number of amides is 1. The standard InChI is InChI=1S/C17H14BrN3OS/c18-12-3-1-4-13(9-12)20-16-7-6-14(11-19-16)21-17(22)10-15-5-2-8-23-15/h1-9,11H,10H2,(H,19,20)(H,21,22). The molecule has 0 unspecified atom stereocenters. The lowest BCUT2D eigenvalue weighted by Gasteiger charge is -2.08. The second-order valence-corrected chi connectivity index (χ2v) is 6.82.